The van der Waals surface area contributed by atoms with Crippen LogP contribution in [0.15, 0.2) is 24.3 Å². The molecule has 1 heterocycles. The molecular weight excluding hydrogens is 292 g/mol. The molecule has 20 heavy (non-hydrogen) atoms. The lowest BCUT2D eigenvalue weighted by Crippen LogP contribution is -2.71. The lowest BCUT2D eigenvalue weighted by Gasteiger charge is -2.45. The van der Waals surface area contributed by atoms with Crippen LogP contribution in [0.2, 0.25) is 25.7 Å². The number of rotatable bonds is 5. The first-order chi connectivity index (χ1) is 9.51. The average Bonchev–Trinajstić information content (AvgIpc) is 2.43. The maximum atomic E-state index is 5.86. The third-order valence-corrected chi connectivity index (χ3v) is 29.3. The maximum absolute atomic E-state index is 5.86. The van der Waals surface area contributed by atoms with E-state index in [-0.39, 0.29) is 0 Å². The molecule has 0 aliphatic carbocycles. The van der Waals surface area contributed by atoms with Gasteiger partial charge < -0.3 is 4.43 Å². The molecule has 110 valence electrons. The van der Waals surface area contributed by atoms with Crippen LogP contribution in [0.25, 0.3) is 0 Å². The molecule has 2 radical (unpaired) electrons. The van der Waals surface area contributed by atoms with Crippen molar-refractivity contribution in [1.29, 1.82) is 0 Å². The van der Waals surface area contributed by atoms with E-state index in [9.17, 15) is 0 Å². The first kappa shape index (κ1) is 16.2. The summed E-state index contributed by atoms with van der Waals surface area (Å²) >= 11 is 0. The van der Waals surface area contributed by atoms with Gasteiger partial charge in [0, 0.05) is 6.61 Å². The zero-order valence-corrected chi connectivity index (χ0v) is 16.5. The van der Waals surface area contributed by atoms with Crippen molar-refractivity contribution in [3.8, 4) is 0 Å². The molecule has 4 heteroatoms. The molecule has 2 rings (SSSR count). The number of benzene rings is 1. The quantitative estimate of drug-likeness (QED) is 0.594. The van der Waals surface area contributed by atoms with Crippen LogP contribution in [-0.2, 0) is 10.8 Å². The van der Waals surface area contributed by atoms with Gasteiger partial charge in [-0.25, -0.2) is 0 Å². The van der Waals surface area contributed by atoms with Crippen molar-refractivity contribution < 1.29 is 4.43 Å². The molecular formula is C16H28OSi3. The van der Waals surface area contributed by atoms with Gasteiger partial charge >= 0.3 is 0 Å². The van der Waals surface area contributed by atoms with E-state index in [1.165, 1.54) is 31.7 Å². The highest BCUT2D eigenvalue weighted by Crippen LogP contribution is 2.28. The Kier molecular flexibility index (Phi) is 5.45. The van der Waals surface area contributed by atoms with Gasteiger partial charge in [-0.2, -0.15) is 0 Å². The zero-order chi connectivity index (χ0) is 14.6. The number of unbranched alkanes of at least 4 members (excludes halogenated alkanes) is 2. The van der Waals surface area contributed by atoms with Crippen LogP contribution in [-0.4, -0.2) is 30.6 Å². The van der Waals surface area contributed by atoms with E-state index in [1.807, 2.05) is 0 Å². The molecule has 1 saturated heterocycles. The Bertz CT molecular complexity index is 447. The minimum atomic E-state index is -1.32. The van der Waals surface area contributed by atoms with Gasteiger partial charge in [0.1, 0.15) is 0 Å². The van der Waals surface area contributed by atoms with Crippen molar-refractivity contribution in [2.75, 3.05) is 6.61 Å². The van der Waals surface area contributed by atoms with Crippen LogP contribution in [0.4, 0.5) is 0 Å². The van der Waals surface area contributed by atoms with Crippen molar-refractivity contribution in [3.05, 3.63) is 29.8 Å². The minimum Gasteiger partial charge on any atom is -0.422 e. The summed E-state index contributed by atoms with van der Waals surface area (Å²) in [4.78, 5) is 0. The van der Waals surface area contributed by atoms with Gasteiger partial charge in [0.15, 0.2) is 0 Å². The van der Waals surface area contributed by atoms with Crippen LogP contribution in [0.5, 0.6) is 0 Å². The predicted octanol–water partition coefficient (Wildman–Crippen LogP) is 3.64. The van der Waals surface area contributed by atoms with Gasteiger partial charge in [0.05, 0.1) is 14.7 Å². The second kappa shape index (κ2) is 6.73. The number of hydrogen-bond donors (Lipinski definition) is 0. The molecule has 1 aliphatic heterocycles. The van der Waals surface area contributed by atoms with Crippen LogP contribution in [0, 0.1) is 0 Å². The fourth-order valence-corrected chi connectivity index (χ4v) is 19.7. The topological polar surface area (TPSA) is 9.23 Å². The molecule has 0 spiro atoms. The van der Waals surface area contributed by atoms with E-state index < -0.39 is 14.7 Å². The molecule has 1 aliphatic rings. The Hall–Kier alpha value is -0.169. The largest absolute Gasteiger partial charge is 0.422 e. The van der Waals surface area contributed by atoms with Crippen LogP contribution < -0.4 is 5.19 Å². The molecule has 0 N–H and O–H groups in total. The summed E-state index contributed by atoms with van der Waals surface area (Å²) in [5.74, 6) is 0. The van der Waals surface area contributed by atoms with E-state index in [1.54, 1.807) is 10.8 Å². The molecule has 1 nitrogen and oxygen atoms in total. The van der Waals surface area contributed by atoms with Crippen molar-refractivity contribution in [3.63, 3.8) is 0 Å². The van der Waals surface area contributed by atoms with Crippen molar-refractivity contribution in [2.45, 2.75) is 58.3 Å². The molecule has 1 atom stereocenters. The minimum absolute atomic E-state index is 0.805. The third-order valence-electron chi connectivity index (χ3n) is 5.07. The first-order valence-electron chi connectivity index (χ1n) is 7.98. The lowest BCUT2D eigenvalue weighted by molar-refractivity contribution is 0.364. The number of hydrogen-bond acceptors (Lipinski definition) is 1. The van der Waals surface area contributed by atoms with Crippen molar-refractivity contribution >= 4 is 29.2 Å². The van der Waals surface area contributed by atoms with Gasteiger partial charge in [-0.3, -0.25) is 0 Å². The molecule has 1 fully saturated rings. The van der Waals surface area contributed by atoms with Gasteiger partial charge in [0.25, 0.3) is 0 Å². The molecule has 0 bridgehead atoms. The molecule has 1 aromatic carbocycles. The Morgan fingerprint density at radius 2 is 1.90 bits per heavy atom. The van der Waals surface area contributed by atoms with E-state index in [2.05, 4.69) is 50.8 Å². The third kappa shape index (κ3) is 3.18. The van der Waals surface area contributed by atoms with Crippen LogP contribution in [0.1, 0.15) is 31.7 Å². The summed E-state index contributed by atoms with van der Waals surface area (Å²) in [5, 5.41) is 1.77. The highest BCUT2D eigenvalue weighted by Gasteiger charge is 2.50. The highest BCUT2D eigenvalue weighted by molar-refractivity contribution is 7.63. The van der Waals surface area contributed by atoms with Crippen molar-refractivity contribution in [1.82, 2.24) is 0 Å². The summed E-state index contributed by atoms with van der Waals surface area (Å²) in [5.41, 5.74) is 1.65. The second-order valence-corrected chi connectivity index (χ2v) is 27.1. The predicted molar refractivity (Wildman–Crippen MR) is 94.9 cm³/mol. The normalized spacial score (nSPS) is 25.6. The van der Waals surface area contributed by atoms with Crippen LogP contribution >= 0.6 is 0 Å². The van der Waals surface area contributed by atoms with E-state index >= 15 is 0 Å². The van der Waals surface area contributed by atoms with Crippen molar-refractivity contribution in [2.24, 2.45) is 0 Å². The number of aryl methyl sites for hydroxylation is 1. The van der Waals surface area contributed by atoms with E-state index in [4.69, 9.17) is 4.43 Å². The lowest BCUT2D eigenvalue weighted by atomic mass is 10.1. The zero-order valence-electron chi connectivity index (χ0n) is 13.5. The van der Waals surface area contributed by atoms with Crippen LogP contribution in [0.3, 0.4) is 0 Å². The summed E-state index contributed by atoms with van der Waals surface area (Å²) in [6.45, 7) is 11.1. The fraction of sp³-hybridized carbons (Fsp3) is 0.625. The molecule has 1 aromatic rings. The average molecular weight is 321 g/mol. The summed E-state index contributed by atoms with van der Waals surface area (Å²) in [7, 11) is -1.73. The monoisotopic (exact) mass is 320 g/mol. The molecule has 0 saturated carbocycles. The Labute approximate surface area is 128 Å². The summed E-state index contributed by atoms with van der Waals surface area (Å²) in [6.07, 6.45) is 5.30. The summed E-state index contributed by atoms with van der Waals surface area (Å²) < 4.78 is 5.86. The van der Waals surface area contributed by atoms with E-state index in [0.717, 1.165) is 15.9 Å². The Morgan fingerprint density at radius 1 is 1.15 bits per heavy atom. The molecule has 0 aromatic heterocycles. The Morgan fingerprint density at radius 3 is 2.60 bits per heavy atom. The fourth-order valence-electron chi connectivity index (χ4n) is 3.23. The Balaban J connectivity index is 2.30. The first-order valence-corrected chi connectivity index (χ1v) is 16.6. The molecule has 1 unspecified atom stereocenters. The summed E-state index contributed by atoms with van der Waals surface area (Å²) in [6, 6.07) is 10.7. The van der Waals surface area contributed by atoms with Gasteiger partial charge in [0.2, 0.25) is 9.28 Å². The highest BCUT2D eigenvalue weighted by atomic mass is 29.6. The van der Waals surface area contributed by atoms with Gasteiger partial charge in [-0.1, -0.05) is 68.9 Å². The standard InChI is InChI=1S/C16H28OSi3/c1-5-6-7-10-15-11-8-9-12-16(15)20(4)14-13-17-18-19(20,2)3/h8-9,11-12H,5-7,10,13-14H2,1-4H3. The van der Waals surface area contributed by atoms with Gasteiger partial charge in [-0.15, -0.1) is 0 Å². The SMILES string of the molecule is CCCCCc1ccccc1[Si]1(C)CCO[Si][Si]1(C)C. The smallest absolute Gasteiger partial charge is 0.209 e. The van der Waals surface area contributed by atoms with Gasteiger partial charge in [-0.05, 0) is 24.4 Å². The maximum Gasteiger partial charge on any atom is 0.209 e. The molecule has 0 amide bonds. The second-order valence-electron chi connectivity index (χ2n) is 6.77. The van der Waals surface area contributed by atoms with E-state index in [0.29, 0.717) is 0 Å².